The second-order valence-corrected chi connectivity index (χ2v) is 9.62. The topological polar surface area (TPSA) is 49.8 Å². The lowest BCUT2D eigenvalue weighted by Crippen LogP contribution is -2.50. The van der Waals surface area contributed by atoms with Gasteiger partial charge in [0.15, 0.2) is 0 Å². The Morgan fingerprint density at radius 2 is 1.68 bits per heavy atom. The normalized spacial score (nSPS) is 21.1. The molecule has 0 unspecified atom stereocenters. The van der Waals surface area contributed by atoms with Crippen molar-refractivity contribution in [3.63, 3.8) is 0 Å². The van der Waals surface area contributed by atoms with Crippen molar-refractivity contribution >= 4 is 11.8 Å². The maximum Gasteiger partial charge on any atom is 0.414 e. The van der Waals surface area contributed by atoms with Gasteiger partial charge in [-0.2, -0.15) is 0 Å². The molecule has 6 heteroatoms. The van der Waals surface area contributed by atoms with Gasteiger partial charge in [0.2, 0.25) is 5.92 Å². The summed E-state index contributed by atoms with van der Waals surface area (Å²) >= 11 is 0. The third kappa shape index (κ3) is 4.37. The van der Waals surface area contributed by atoms with Gasteiger partial charge in [-0.05, 0) is 52.2 Å². The molecule has 1 aliphatic carbocycles. The number of rotatable bonds is 2. The maximum absolute atomic E-state index is 13.6. The highest BCUT2D eigenvalue weighted by atomic mass is 19.3. The van der Waals surface area contributed by atoms with E-state index in [9.17, 15) is 18.7 Å². The van der Waals surface area contributed by atoms with Crippen LogP contribution in [0.3, 0.4) is 0 Å². The Bertz CT molecular complexity index is 777. The summed E-state index contributed by atoms with van der Waals surface area (Å²) in [5, 5.41) is 10.2. The van der Waals surface area contributed by atoms with Crippen molar-refractivity contribution in [2.75, 3.05) is 6.54 Å². The Hall–Kier alpha value is -1.95. The highest BCUT2D eigenvalue weighted by molar-refractivity contribution is 5.83. The van der Waals surface area contributed by atoms with E-state index < -0.39 is 28.6 Å². The van der Waals surface area contributed by atoms with Gasteiger partial charge >= 0.3 is 6.09 Å². The lowest BCUT2D eigenvalue weighted by molar-refractivity contribution is -0.146. The van der Waals surface area contributed by atoms with Gasteiger partial charge in [-0.25, -0.2) is 13.6 Å². The Balaban J connectivity index is 1.96. The number of alkyl halides is 2. The lowest BCUT2D eigenvalue weighted by atomic mass is 9.62. The van der Waals surface area contributed by atoms with Gasteiger partial charge in [0.25, 0.3) is 0 Å². The summed E-state index contributed by atoms with van der Waals surface area (Å²) in [6.45, 7) is 9.11. The highest BCUT2D eigenvalue weighted by Crippen LogP contribution is 2.57. The molecule has 4 nitrogen and oxygen atoms in total. The van der Waals surface area contributed by atoms with E-state index in [2.05, 4.69) is 0 Å². The number of carbonyl (C=O) groups excluding carboxylic acids is 1. The molecule has 0 radical (unpaired) electrons. The van der Waals surface area contributed by atoms with Gasteiger partial charge in [-0.3, -0.25) is 4.90 Å². The van der Waals surface area contributed by atoms with Crippen LogP contribution >= 0.6 is 0 Å². The fraction of sp³-hybridized carbons (Fsp3) is 0.591. The van der Waals surface area contributed by atoms with Gasteiger partial charge in [0.1, 0.15) is 5.60 Å². The van der Waals surface area contributed by atoms with Gasteiger partial charge in [-0.15, -0.1) is 0 Å². The third-order valence-electron chi connectivity index (χ3n) is 5.29. The number of carbonyl (C=O) groups is 1. The molecule has 0 aromatic heterocycles. The molecule has 1 amide bonds. The number of nitrogens with zero attached hydrogens (tertiary/aromatic N) is 1. The van der Waals surface area contributed by atoms with Crippen LogP contribution in [0.15, 0.2) is 30.3 Å². The van der Waals surface area contributed by atoms with Crippen LogP contribution in [-0.2, 0) is 10.3 Å². The van der Waals surface area contributed by atoms with E-state index in [1.165, 1.54) is 4.90 Å². The molecule has 0 saturated heterocycles. The second-order valence-electron chi connectivity index (χ2n) is 9.62. The SMILES string of the molecule is CC(C)(C)OC(=O)N1CCC2(C=C1c1ccc(C(C)(C)O)cc1)CC(F)(F)C2. The van der Waals surface area contributed by atoms with E-state index in [0.29, 0.717) is 18.7 Å². The quantitative estimate of drug-likeness (QED) is 0.741. The summed E-state index contributed by atoms with van der Waals surface area (Å²) in [5.41, 5.74) is -0.132. The molecule has 1 spiro atoms. The second kappa shape index (κ2) is 6.55. The fourth-order valence-corrected chi connectivity index (χ4v) is 3.95. The van der Waals surface area contributed by atoms with Crippen LogP contribution in [0.2, 0.25) is 0 Å². The molecule has 1 aliphatic heterocycles. The van der Waals surface area contributed by atoms with Crippen LogP contribution in [0.5, 0.6) is 0 Å². The van der Waals surface area contributed by atoms with Crippen molar-refractivity contribution in [3.05, 3.63) is 41.5 Å². The van der Waals surface area contributed by atoms with E-state index in [-0.39, 0.29) is 12.8 Å². The van der Waals surface area contributed by atoms with E-state index in [0.717, 1.165) is 11.1 Å². The molecule has 3 rings (SSSR count). The molecule has 1 aromatic rings. The first kappa shape index (κ1) is 20.8. The minimum Gasteiger partial charge on any atom is -0.443 e. The monoisotopic (exact) mass is 393 g/mol. The minimum absolute atomic E-state index is 0.187. The van der Waals surface area contributed by atoms with E-state index in [4.69, 9.17) is 4.74 Å². The van der Waals surface area contributed by atoms with Crippen LogP contribution < -0.4 is 0 Å². The maximum atomic E-state index is 13.6. The smallest absolute Gasteiger partial charge is 0.414 e. The molecule has 1 heterocycles. The standard InChI is InChI=1S/C22H29F2NO3/c1-19(2,3)28-18(26)25-11-10-21(13-22(23,24)14-21)12-17(25)15-6-8-16(9-7-15)20(4,5)27/h6-9,12,27H,10-11,13-14H2,1-5H3. The summed E-state index contributed by atoms with van der Waals surface area (Å²) in [6, 6.07) is 7.21. The van der Waals surface area contributed by atoms with Crippen molar-refractivity contribution < 1.29 is 23.4 Å². The minimum atomic E-state index is -2.64. The average molecular weight is 393 g/mol. The molecule has 28 heavy (non-hydrogen) atoms. The molecular weight excluding hydrogens is 364 g/mol. The number of allylic oxidation sites excluding steroid dienone is 1. The highest BCUT2D eigenvalue weighted by Gasteiger charge is 2.56. The lowest BCUT2D eigenvalue weighted by Gasteiger charge is -2.49. The first-order valence-electron chi connectivity index (χ1n) is 9.64. The number of aliphatic hydroxyl groups is 1. The molecule has 1 aromatic carbocycles. The zero-order valence-electron chi connectivity index (χ0n) is 17.2. The molecule has 1 fully saturated rings. The largest absolute Gasteiger partial charge is 0.443 e. The summed E-state index contributed by atoms with van der Waals surface area (Å²) in [6.07, 6.45) is 1.46. The van der Waals surface area contributed by atoms with Crippen molar-refractivity contribution in [3.8, 4) is 0 Å². The number of benzene rings is 1. The van der Waals surface area contributed by atoms with Gasteiger partial charge in [-0.1, -0.05) is 30.3 Å². The average Bonchev–Trinajstić information content (AvgIpc) is 2.50. The van der Waals surface area contributed by atoms with Crippen LogP contribution in [0.25, 0.3) is 5.70 Å². The molecule has 154 valence electrons. The van der Waals surface area contributed by atoms with Crippen LogP contribution in [-0.4, -0.2) is 34.2 Å². The number of hydrogen-bond donors (Lipinski definition) is 1. The summed E-state index contributed by atoms with van der Waals surface area (Å²) < 4.78 is 32.7. The van der Waals surface area contributed by atoms with Crippen LogP contribution in [0.1, 0.15) is 65.0 Å². The summed E-state index contributed by atoms with van der Waals surface area (Å²) in [4.78, 5) is 14.3. The van der Waals surface area contributed by atoms with Gasteiger partial charge in [0, 0.05) is 24.8 Å². The summed E-state index contributed by atoms with van der Waals surface area (Å²) in [7, 11) is 0. The zero-order chi connectivity index (χ0) is 21.0. The molecule has 0 atom stereocenters. The van der Waals surface area contributed by atoms with E-state index in [1.54, 1.807) is 46.8 Å². The van der Waals surface area contributed by atoms with Gasteiger partial charge < -0.3 is 9.84 Å². The number of halogens is 2. The molecule has 1 N–H and O–H groups in total. The predicted molar refractivity (Wildman–Crippen MR) is 104 cm³/mol. The Kier molecular flexibility index (Phi) is 4.86. The molecule has 0 bridgehead atoms. The Labute approximate surface area is 165 Å². The van der Waals surface area contributed by atoms with Crippen LogP contribution in [0.4, 0.5) is 13.6 Å². The van der Waals surface area contributed by atoms with Crippen molar-refractivity contribution in [2.45, 2.75) is 71.0 Å². The van der Waals surface area contributed by atoms with Crippen molar-refractivity contribution in [2.24, 2.45) is 5.41 Å². The Morgan fingerprint density at radius 1 is 1.11 bits per heavy atom. The first-order valence-corrected chi connectivity index (χ1v) is 9.64. The third-order valence-corrected chi connectivity index (χ3v) is 5.29. The Morgan fingerprint density at radius 3 is 2.14 bits per heavy atom. The van der Waals surface area contributed by atoms with Crippen LogP contribution in [0, 0.1) is 5.41 Å². The number of ether oxygens (including phenoxy) is 1. The number of amides is 1. The number of hydrogen-bond acceptors (Lipinski definition) is 3. The molecule has 1 saturated carbocycles. The first-order chi connectivity index (χ1) is 12.7. The van der Waals surface area contributed by atoms with Crippen molar-refractivity contribution in [1.82, 2.24) is 4.90 Å². The van der Waals surface area contributed by atoms with E-state index >= 15 is 0 Å². The van der Waals surface area contributed by atoms with Crippen molar-refractivity contribution in [1.29, 1.82) is 0 Å². The summed E-state index contributed by atoms with van der Waals surface area (Å²) in [5.74, 6) is -2.64. The van der Waals surface area contributed by atoms with E-state index in [1.807, 2.05) is 18.2 Å². The fourth-order valence-electron chi connectivity index (χ4n) is 3.95. The predicted octanol–water partition coefficient (Wildman–Crippen LogP) is 5.31. The van der Waals surface area contributed by atoms with Gasteiger partial charge in [0.05, 0.1) is 11.3 Å². The molecular formula is C22H29F2NO3. The zero-order valence-corrected chi connectivity index (χ0v) is 17.2. The molecule has 2 aliphatic rings.